The highest BCUT2D eigenvalue weighted by atomic mass is 16.5. The van der Waals surface area contributed by atoms with Crippen LogP contribution in [0.25, 0.3) is 0 Å². The molecule has 0 unspecified atom stereocenters. The van der Waals surface area contributed by atoms with E-state index in [1.165, 1.54) is 0 Å². The van der Waals surface area contributed by atoms with Crippen molar-refractivity contribution in [2.75, 3.05) is 7.11 Å². The minimum absolute atomic E-state index is 0.881. The molecule has 0 saturated carbocycles. The molecule has 0 bridgehead atoms. The first-order valence-electron chi connectivity index (χ1n) is 4.47. The molecule has 0 aliphatic rings. The summed E-state index contributed by atoms with van der Waals surface area (Å²) < 4.78 is 5.19. The predicted octanol–water partition coefficient (Wildman–Crippen LogP) is 2.60. The topological polar surface area (TPSA) is 22.1 Å². The van der Waals surface area contributed by atoms with Gasteiger partial charge in [-0.2, -0.15) is 0 Å². The van der Waals surface area contributed by atoms with Gasteiger partial charge in [-0.3, -0.25) is 4.98 Å². The minimum atomic E-state index is 0.881. The molecular formula is C11H15NO. The average molecular weight is 177 g/mol. The van der Waals surface area contributed by atoms with Crippen LogP contribution in [0.1, 0.15) is 18.5 Å². The quantitative estimate of drug-likeness (QED) is 0.509. The molecule has 0 spiro atoms. The fourth-order valence-electron chi connectivity index (χ4n) is 1.21. The molecule has 13 heavy (non-hydrogen) atoms. The van der Waals surface area contributed by atoms with Crippen molar-refractivity contribution in [2.24, 2.45) is 0 Å². The molecule has 1 aromatic rings. The zero-order valence-electron chi connectivity index (χ0n) is 7.99. The van der Waals surface area contributed by atoms with Crippen molar-refractivity contribution >= 4 is 0 Å². The lowest BCUT2D eigenvalue weighted by Gasteiger charge is -2.05. The molecule has 0 saturated heterocycles. The van der Waals surface area contributed by atoms with E-state index in [9.17, 15) is 0 Å². The molecule has 0 radical (unpaired) electrons. The van der Waals surface area contributed by atoms with E-state index in [2.05, 4.69) is 11.6 Å². The fourth-order valence-corrected chi connectivity index (χ4v) is 1.21. The van der Waals surface area contributed by atoms with Gasteiger partial charge in [0.15, 0.2) is 0 Å². The van der Waals surface area contributed by atoms with Gasteiger partial charge >= 0.3 is 0 Å². The maximum absolute atomic E-state index is 5.19. The summed E-state index contributed by atoms with van der Waals surface area (Å²) in [5.41, 5.74) is 1.03. The Hall–Kier alpha value is -1.31. The maximum atomic E-state index is 5.19. The van der Waals surface area contributed by atoms with Crippen molar-refractivity contribution in [3.05, 3.63) is 36.7 Å². The van der Waals surface area contributed by atoms with Gasteiger partial charge in [-0.1, -0.05) is 6.08 Å². The van der Waals surface area contributed by atoms with Crippen LogP contribution in [-0.2, 0) is 6.42 Å². The highest BCUT2D eigenvalue weighted by molar-refractivity contribution is 5.26. The van der Waals surface area contributed by atoms with E-state index in [0.29, 0.717) is 0 Å². The summed E-state index contributed by atoms with van der Waals surface area (Å²) in [7, 11) is 1.67. The molecule has 0 atom stereocenters. The first-order valence-corrected chi connectivity index (χ1v) is 4.47. The van der Waals surface area contributed by atoms with Gasteiger partial charge in [0.05, 0.1) is 12.8 Å². The lowest BCUT2D eigenvalue weighted by atomic mass is 10.1. The van der Waals surface area contributed by atoms with Crippen LogP contribution in [0.15, 0.2) is 31.0 Å². The number of allylic oxidation sites excluding steroid dienone is 1. The molecule has 0 aliphatic heterocycles. The number of hydrogen-bond acceptors (Lipinski definition) is 2. The number of aryl methyl sites for hydroxylation is 1. The van der Waals surface area contributed by atoms with Crippen LogP contribution in [-0.4, -0.2) is 12.1 Å². The van der Waals surface area contributed by atoms with E-state index in [1.807, 2.05) is 18.2 Å². The van der Waals surface area contributed by atoms with Crippen molar-refractivity contribution in [1.29, 1.82) is 0 Å². The predicted molar refractivity (Wildman–Crippen MR) is 53.9 cm³/mol. The second kappa shape index (κ2) is 5.36. The second-order valence-electron chi connectivity index (χ2n) is 2.83. The van der Waals surface area contributed by atoms with Gasteiger partial charge in [-0.25, -0.2) is 0 Å². The summed E-state index contributed by atoms with van der Waals surface area (Å²) >= 11 is 0. The van der Waals surface area contributed by atoms with Crippen molar-refractivity contribution in [2.45, 2.75) is 19.3 Å². The molecule has 1 heterocycles. The Balaban J connectivity index is 2.58. The summed E-state index contributed by atoms with van der Waals surface area (Å²) in [6.45, 7) is 3.68. The van der Waals surface area contributed by atoms with Crippen molar-refractivity contribution in [1.82, 2.24) is 4.98 Å². The summed E-state index contributed by atoms with van der Waals surface area (Å²) in [4.78, 5) is 4.26. The Morgan fingerprint density at radius 3 is 3.15 bits per heavy atom. The third-order valence-corrected chi connectivity index (χ3v) is 1.89. The van der Waals surface area contributed by atoms with Crippen LogP contribution in [0.3, 0.4) is 0 Å². The molecule has 2 heteroatoms. The third kappa shape index (κ3) is 2.90. The standard InChI is InChI=1S/C11H15NO/c1-3-4-5-7-10-11(13-2)8-6-9-12-10/h3,6,8-9H,1,4-5,7H2,2H3. The van der Waals surface area contributed by atoms with E-state index < -0.39 is 0 Å². The number of rotatable bonds is 5. The third-order valence-electron chi connectivity index (χ3n) is 1.89. The van der Waals surface area contributed by atoms with Gasteiger partial charge in [0, 0.05) is 6.20 Å². The van der Waals surface area contributed by atoms with Gasteiger partial charge < -0.3 is 4.74 Å². The van der Waals surface area contributed by atoms with E-state index in [4.69, 9.17) is 4.74 Å². The average Bonchev–Trinajstić information content (AvgIpc) is 2.19. The highest BCUT2D eigenvalue weighted by Crippen LogP contribution is 2.16. The fraction of sp³-hybridized carbons (Fsp3) is 0.364. The Kier molecular flexibility index (Phi) is 4.03. The zero-order chi connectivity index (χ0) is 9.52. The van der Waals surface area contributed by atoms with E-state index in [-0.39, 0.29) is 0 Å². The summed E-state index contributed by atoms with van der Waals surface area (Å²) in [6.07, 6.45) is 6.79. The molecule has 1 rings (SSSR count). The lowest BCUT2D eigenvalue weighted by Crippen LogP contribution is -1.94. The Labute approximate surface area is 79.3 Å². The maximum Gasteiger partial charge on any atom is 0.140 e. The van der Waals surface area contributed by atoms with Gasteiger partial charge in [-0.05, 0) is 31.4 Å². The van der Waals surface area contributed by atoms with Crippen LogP contribution in [0, 0.1) is 0 Å². The van der Waals surface area contributed by atoms with Crippen LogP contribution in [0.5, 0.6) is 5.75 Å². The number of ether oxygens (including phenoxy) is 1. The molecule has 0 N–H and O–H groups in total. The Morgan fingerprint density at radius 2 is 2.46 bits per heavy atom. The molecule has 1 aromatic heterocycles. The largest absolute Gasteiger partial charge is 0.495 e. The van der Waals surface area contributed by atoms with E-state index in [0.717, 1.165) is 30.7 Å². The summed E-state index contributed by atoms with van der Waals surface area (Å²) in [5, 5.41) is 0. The lowest BCUT2D eigenvalue weighted by molar-refractivity contribution is 0.406. The molecule has 0 amide bonds. The summed E-state index contributed by atoms with van der Waals surface area (Å²) in [5.74, 6) is 0.881. The van der Waals surface area contributed by atoms with Gasteiger partial charge in [0.1, 0.15) is 5.75 Å². The number of unbranched alkanes of at least 4 members (excludes halogenated alkanes) is 1. The van der Waals surface area contributed by atoms with Crippen LogP contribution in [0.4, 0.5) is 0 Å². The zero-order valence-corrected chi connectivity index (χ0v) is 7.99. The monoisotopic (exact) mass is 177 g/mol. The van der Waals surface area contributed by atoms with Gasteiger partial charge in [0.2, 0.25) is 0 Å². The van der Waals surface area contributed by atoms with E-state index in [1.54, 1.807) is 13.3 Å². The number of methoxy groups -OCH3 is 1. The highest BCUT2D eigenvalue weighted by Gasteiger charge is 2.01. The molecular weight excluding hydrogens is 162 g/mol. The molecule has 0 aromatic carbocycles. The van der Waals surface area contributed by atoms with Crippen LogP contribution < -0.4 is 4.74 Å². The first kappa shape index (κ1) is 9.78. The summed E-state index contributed by atoms with van der Waals surface area (Å²) in [6, 6.07) is 3.83. The van der Waals surface area contributed by atoms with Crippen molar-refractivity contribution in [3.63, 3.8) is 0 Å². The first-order chi connectivity index (χ1) is 6.38. The van der Waals surface area contributed by atoms with Crippen LogP contribution in [0.2, 0.25) is 0 Å². The smallest absolute Gasteiger partial charge is 0.140 e. The molecule has 2 nitrogen and oxygen atoms in total. The Morgan fingerprint density at radius 1 is 1.62 bits per heavy atom. The van der Waals surface area contributed by atoms with Gasteiger partial charge in [0.25, 0.3) is 0 Å². The van der Waals surface area contributed by atoms with Gasteiger partial charge in [-0.15, -0.1) is 6.58 Å². The normalized spacial score (nSPS) is 9.62. The molecule has 0 aliphatic carbocycles. The number of nitrogens with zero attached hydrogens (tertiary/aromatic N) is 1. The van der Waals surface area contributed by atoms with E-state index >= 15 is 0 Å². The minimum Gasteiger partial charge on any atom is -0.495 e. The Bertz CT molecular complexity index is 271. The van der Waals surface area contributed by atoms with Crippen molar-refractivity contribution < 1.29 is 4.74 Å². The van der Waals surface area contributed by atoms with Crippen LogP contribution >= 0.6 is 0 Å². The van der Waals surface area contributed by atoms with Crippen molar-refractivity contribution in [3.8, 4) is 5.75 Å². The number of hydrogen-bond donors (Lipinski definition) is 0. The molecule has 0 fully saturated rings. The SMILES string of the molecule is C=CCCCc1ncccc1OC. The number of aromatic nitrogens is 1. The molecule has 70 valence electrons. The second-order valence-corrected chi connectivity index (χ2v) is 2.83. The number of pyridine rings is 1.